The van der Waals surface area contributed by atoms with Crippen LogP contribution >= 0.6 is 15.9 Å². The number of fused-ring (bicyclic) bond motifs is 1. The number of ether oxygens (including phenoxy) is 2. The van der Waals surface area contributed by atoms with Crippen molar-refractivity contribution in [2.24, 2.45) is 0 Å². The van der Waals surface area contributed by atoms with Gasteiger partial charge in [0.25, 0.3) is 0 Å². The minimum atomic E-state index is 0.300. The zero-order valence-corrected chi connectivity index (χ0v) is 10.8. The maximum Gasteiger partial charge on any atom is 0.231 e. The molecule has 0 radical (unpaired) electrons. The van der Waals surface area contributed by atoms with Gasteiger partial charge in [0.05, 0.1) is 0 Å². The molecule has 0 atom stereocenters. The number of likely N-dealkylation sites (N-methyl/N-ethyl adjacent to an activating group) is 1. The van der Waals surface area contributed by atoms with Gasteiger partial charge in [-0.05, 0) is 37.6 Å². The molecule has 0 spiro atoms. The highest BCUT2D eigenvalue weighted by Gasteiger charge is 2.45. The van der Waals surface area contributed by atoms with E-state index in [0.717, 1.165) is 22.5 Å². The Morgan fingerprint density at radius 2 is 2.00 bits per heavy atom. The minimum absolute atomic E-state index is 0.300. The summed E-state index contributed by atoms with van der Waals surface area (Å²) in [5.41, 5.74) is 1.64. The Labute approximate surface area is 103 Å². The normalized spacial score (nSPS) is 19.9. The van der Waals surface area contributed by atoms with Crippen LogP contribution in [0.3, 0.4) is 0 Å². The average molecular weight is 284 g/mol. The SMILES string of the molecule is CNCC1(c2cc3c(cc2Br)OCO3)CC1. The zero-order valence-electron chi connectivity index (χ0n) is 9.18. The predicted octanol–water partition coefficient (Wildman–Crippen LogP) is 2.43. The Hall–Kier alpha value is -0.740. The van der Waals surface area contributed by atoms with E-state index in [9.17, 15) is 0 Å². The van der Waals surface area contributed by atoms with E-state index in [1.54, 1.807) is 0 Å². The number of nitrogens with one attached hydrogen (secondary N) is 1. The third-order valence-electron chi connectivity index (χ3n) is 3.40. The molecule has 1 aromatic rings. The highest BCUT2D eigenvalue weighted by Crippen LogP contribution is 2.52. The second kappa shape index (κ2) is 3.64. The van der Waals surface area contributed by atoms with Crippen LogP contribution in [0.1, 0.15) is 18.4 Å². The number of hydrogen-bond acceptors (Lipinski definition) is 3. The van der Waals surface area contributed by atoms with Crippen LogP contribution in [0.4, 0.5) is 0 Å². The molecule has 86 valence electrons. The highest BCUT2D eigenvalue weighted by atomic mass is 79.9. The summed E-state index contributed by atoms with van der Waals surface area (Å²) in [4.78, 5) is 0. The molecule has 4 heteroatoms. The van der Waals surface area contributed by atoms with Crippen LogP contribution in [0.5, 0.6) is 11.5 Å². The first kappa shape index (κ1) is 10.4. The van der Waals surface area contributed by atoms with E-state index in [2.05, 4.69) is 27.3 Å². The number of benzene rings is 1. The molecule has 3 nitrogen and oxygen atoms in total. The lowest BCUT2D eigenvalue weighted by Gasteiger charge is -2.17. The summed E-state index contributed by atoms with van der Waals surface area (Å²) < 4.78 is 11.9. The molecule has 1 saturated carbocycles. The lowest BCUT2D eigenvalue weighted by Crippen LogP contribution is -2.23. The van der Waals surface area contributed by atoms with Gasteiger partial charge in [-0.1, -0.05) is 15.9 Å². The van der Waals surface area contributed by atoms with Gasteiger partial charge in [-0.15, -0.1) is 0 Å². The molecule has 0 saturated heterocycles. The van der Waals surface area contributed by atoms with Crippen molar-refractivity contribution in [1.82, 2.24) is 5.32 Å². The molecule has 1 aliphatic heterocycles. The van der Waals surface area contributed by atoms with E-state index in [0.29, 0.717) is 12.2 Å². The van der Waals surface area contributed by atoms with Gasteiger partial charge in [0, 0.05) is 16.4 Å². The van der Waals surface area contributed by atoms with Crippen molar-refractivity contribution in [2.75, 3.05) is 20.4 Å². The molecule has 0 bridgehead atoms. The topological polar surface area (TPSA) is 30.5 Å². The van der Waals surface area contributed by atoms with Gasteiger partial charge in [0.1, 0.15) is 0 Å². The van der Waals surface area contributed by atoms with Crippen LogP contribution in [0.25, 0.3) is 0 Å². The minimum Gasteiger partial charge on any atom is -0.454 e. The Morgan fingerprint density at radius 3 is 2.62 bits per heavy atom. The van der Waals surface area contributed by atoms with Crippen LogP contribution in [-0.2, 0) is 5.41 Å². The number of halogens is 1. The molecule has 1 fully saturated rings. The maximum atomic E-state index is 5.43. The first-order chi connectivity index (χ1) is 7.75. The molecule has 0 amide bonds. The van der Waals surface area contributed by atoms with Crippen LogP contribution in [0, 0.1) is 0 Å². The van der Waals surface area contributed by atoms with Crippen molar-refractivity contribution in [3.8, 4) is 11.5 Å². The largest absolute Gasteiger partial charge is 0.454 e. The summed E-state index contributed by atoms with van der Waals surface area (Å²) in [5.74, 6) is 1.72. The third kappa shape index (κ3) is 1.52. The van der Waals surface area contributed by atoms with Crippen molar-refractivity contribution < 1.29 is 9.47 Å². The van der Waals surface area contributed by atoms with Gasteiger partial charge in [-0.2, -0.15) is 0 Å². The lowest BCUT2D eigenvalue weighted by atomic mass is 9.95. The summed E-state index contributed by atoms with van der Waals surface area (Å²) in [6.07, 6.45) is 2.48. The van der Waals surface area contributed by atoms with E-state index in [1.165, 1.54) is 18.4 Å². The number of hydrogen-bond donors (Lipinski definition) is 1. The van der Waals surface area contributed by atoms with Gasteiger partial charge >= 0.3 is 0 Å². The first-order valence-electron chi connectivity index (χ1n) is 5.49. The summed E-state index contributed by atoms with van der Waals surface area (Å²) >= 11 is 3.63. The van der Waals surface area contributed by atoms with Gasteiger partial charge < -0.3 is 14.8 Å². The lowest BCUT2D eigenvalue weighted by molar-refractivity contribution is 0.174. The van der Waals surface area contributed by atoms with Crippen molar-refractivity contribution in [3.05, 3.63) is 22.2 Å². The molecule has 3 rings (SSSR count). The maximum absolute atomic E-state index is 5.43. The molecule has 16 heavy (non-hydrogen) atoms. The first-order valence-corrected chi connectivity index (χ1v) is 6.29. The van der Waals surface area contributed by atoms with E-state index in [-0.39, 0.29) is 0 Å². The fraction of sp³-hybridized carbons (Fsp3) is 0.500. The third-order valence-corrected chi connectivity index (χ3v) is 4.06. The molecule has 1 heterocycles. The van der Waals surface area contributed by atoms with E-state index in [4.69, 9.17) is 9.47 Å². The fourth-order valence-corrected chi connectivity index (χ4v) is 3.10. The standard InChI is InChI=1S/C12H14BrNO2/c1-14-6-12(2-3-12)8-4-10-11(5-9(8)13)16-7-15-10/h4-5,14H,2-3,6-7H2,1H3. The smallest absolute Gasteiger partial charge is 0.231 e. The predicted molar refractivity (Wildman–Crippen MR) is 65.1 cm³/mol. The van der Waals surface area contributed by atoms with Gasteiger partial charge in [0.15, 0.2) is 11.5 Å². The molecule has 1 N–H and O–H groups in total. The van der Waals surface area contributed by atoms with Crippen molar-refractivity contribution in [2.45, 2.75) is 18.3 Å². The van der Waals surface area contributed by atoms with Crippen molar-refractivity contribution >= 4 is 15.9 Å². The summed E-state index contributed by atoms with van der Waals surface area (Å²) in [5, 5.41) is 3.27. The van der Waals surface area contributed by atoms with E-state index in [1.807, 2.05) is 13.1 Å². The van der Waals surface area contributed by atoms with Crippen LogP contribution in [-0.4, -0.2) is 20.4 Å². The fourth-order valence-electron chi connectivity index (χ4n) is 2.35. The summed E-state index contributed by atoms with van der Waals surface area (Å²) in [6.45, 7) is 1.36. The monoisotopic (exact) mass is 283 g/mol. The van der Waals surface area contributed by atoms with Crippen molar-refractivity contribution in [1.29, 1.82) is 0 Å². The molecular formula is C12H14BrNO2. The second-order valence-electron chi connectivity index (χ2n) is 4.50. The Kier molecular flexibility index (Phi) is 2.37. The number of rotatable bonds is 3. The molecule has 0 aromatic heterocycles. The Balaban J connectivity index is 2.01. The van der Waals surface area contributed by atoms with Gasteiger partial charge in [-0.3, -0.25) is 0 Å². The quantitative estimate of drug-likeness (QED) is 0.924. The molecule has 1 aliphatic carbocycles. The van der Waals surface area contributed by atoms with Crippen molar-refractivity contribution in [3.63, 3.8) is 0 Å². The second-order valence-corrected chi connectivity index (χ2v) is 5.35. The van der Waals surface area contributed by atoms with Gasteiger partial charge in [-0.25, -0.2) is 0 Å². The van der Waals surface area contributed by atoms with E-state index < -0.39 is 0 Å². The molecule has 1 aromatic carbocycles. The van der Waals surface area contributed by atoms with Gasteiger partial charge in [0.2, 0.25) is 6.79 Å². The summed E-state index contributed by atoms with van der Waals surface area (Å²) in [6, 6.07) is 4.14. The van der Waals surface area contributed by atoms with E-state index >= 15 is 0 Å². The van der Waals surface area contributed by atoms with Crippen LogP contribution < -0.4 is 14.8 Å². The molecule has 2 aliphatic rings. The molecular weight excluding hydrogens is 270 g/mol. The molecule has 0 unspecified atom stereocenters. The zero-order chi connectivity index (χ0) is 11.2. The van der Waals surface area contributed by atoms with Crippen LogP contribution in [0.15, 0.2) is 16.6 Å². The Bertz CT molecular complexity index is 429. The van der Waals surface area contributed by atoms with Crippen LogP contribution in [0.2, 0.25) is 0 Å². The highest BCUT2D eigenvalue weighted by molar-refractivity contribution is 9.10. The average Bonchev–Trinajstić information content (AvgIpc) is 2.89. The Morgan fingerprint density at radius 1 is 1.31 bits per heavy atom. The summed E-state index contributed by atoms with van der Waals surface area (Å²) in [7, 11) is 2.00.